The number of rotatable bonds is 5. The molecular formula is C22H21FN6O2. The Labute approximate surface area is 176 Å². The van der Waals surface area contributed by atoms with Crippen LogP contribution in [0.15, 0.2) is 53.6 Å². The van der Waals surface area contributed by atoms with E-state index >= 15 is 0 Å². The second-order valence-electron chi connectivity index (χ2n) is 7.59. The van der Waals surface area contributed by atoms with Crippen molar-refractivity contribution >= 4 is 10.8 Å². The number of benzene rings is 2. The highest BCUT2D eigenvalue weighted by Crippen LogP contribution is 2.40. The van der Waals surface area contributed by atoms with Crippen LogP contribution in [-0.2, 0) is 13.1 Å². The molecule has 1 aliphatic rings. The molecule has 4 aromatic rings. The predicted octanol–water partition coefficient (Wildman–Crippen LogP) is 2.01. The van der Waals surface area contributed by atoms with E-state index in [2.05, 4.69) is 25.6 Å². The summed E-state index contributed by atoms with van der Waals surface area (Å²) in [5.41, 5.74) is 1.87. The van der Waals surface area contributed by atoms with Gasteiger partial charge in [-0.1, -0.05) is 30.3 Å². The van der Waals surface area contributed by atoms with Crippen LogP contribution < -0.4 is 10.9 Å². The molecule has 0 amide bonds. The number of aromatic nitrogens is 5. The van der Waals surface area contributed by atoms with Crippen molar-refractivity contribution in [2.45, 2.75) is 31.5 Å². The maximum absolute atomic E-state index is 14.3. The number of hydrogen-bond donors (Lipinski definition) is 3. The van der Waals surface area contributed by atoms with E-state index in [1.54, 1.807) is 4.68 Å². The molecule has 2 atom stereocenters. The van der Waals surface area contributed by atoms with Gasteiger partial charge < -0.3 is 10.4 Å². The zero-order chi connectivity index (χ0) is 21.4. The fraction of sp³-hybridized carbons (Fsp3) is 0.273. The van der Waals surface area contributed by atoms with E-state index in [1.165, 1.54) is 18.5 Å². The molecule has 8 nitrogen and oxygen atoms in total. The molecule has 0 saturated carbocycles. The molecule has 9 heteroatoms. The van der Waals surface area contributed by atoms with Gasteiger partial charge in [-0.2, -0.15) is 10.2 Å². The number of aliphatic hydroxyl groups is 1. The van der Waals surface area contributed by atoms with Gasteiger partial charge in [0, 0.05) is 31.1 Å². The molecule has 2 unspecified atom stereocenters. The van der Waals surface area contributed by atoms with Crippen LogP contribution in [0.2, 0.25) is 0 Å². The van der Waals surface area contributed by atoms with Crippen LogP contribution in [0.5, 0.6) is 0 Å². The molecule has 1 aliphatic heterocycles. The highest BCUT2D eigenvalue weighted by Gasteiger charge is 2.36. The standard InChI is InChI=1S/C22H21FN6O2/c23-15-9-14-11-24-19(13-5-2-1-3-6-13)18(21-25-12-26-29(21)7-4-8-30)20-17(14)16(10-15)22(31)28-27-20/h1-3,5-6,9-10,12,18-19,24,30H,4,7-8,11H2,(H,28,31). The summed E-state index contributed by atoms with van der Waals surface area (Å²) in [6.45, 7) is 0.896. The lowest BCUT2D eigenvalue weighted by molar-refractivity contribution is 0.275. The van der Waals surface area contributed by atoms with Crippen molar-refractivity contribution in [3.8, 4) is 0 Å². The van der Waals surface area contributed by atoms with E-state index in [1.807, 2.05) is 30.3 Å². The van der Waals surface area contributed by atoms with Crippen molar-refractivity contribution in [3.05, 3.63) is 87.6 Å². The van der Waals surface area contributed by atoms with Gasteiger partial charge in [0.2, 0.25) is 0 Å². The molecule has 3 heterocycles. The lowest BCUT2D eigenvalue weighted by atomic mass is 9.88. The Kier molecular flexibility index (Phi) is 5.05. The molecule has 0 saturated heterocycles. The Morgan fingerprint density at radius 1 is 1.23 bits per heavy atom. The van der Waals surface area contributed by atoms with E-state index in [4.69, 9.17) is 0 Å². The number of nitrogens with one attached hydrogen (secondary N) is 2. The lowest BCUT2D eigenvalue weighted by Crippen LogP contribution is -2.29. The van der Waals surface area contributed by atoms with Crippen LogP contribution in [0, 0.1) is 5.82 Å². The number of aryl methyl sites for hydroxylation is 1. The predicted molar refractivity (Wildman–Crippen MR) is 112 cm³/mol. The first-order valence-electron chi connectivity index (χ1n) is 10.1. The Bertz CT molecular complexity index is 1290. The van der Waals surface area contributed by atoms with E-state index in [0.29, 0.717) is 42.0 Å². The number of halogens is 1. The van der Waals surface area contributed by atoms with Gasteiger partial charge in [-0.3, -0.25) is 4.79 Å². The SMILES string of the molecule is O=c1[nH]nc2c3c(cc(F)cc13)CNC(c1ccccc1)C2c1ncnn1CCCO. The monoisotopic (exact) mass is 420 g/mol. The molecule has 0 spiro atoms. The largest absolute Gasteiger partial charge is 0.396 e. The average molecular weight is 420 g/mol. The highest BCUT2D eigenvalue weighted by atomic mass is 19.1. The molecule has 3 N–H and O–H groups in total. The van der Waals surface area contributed by atoms with Crippen LogP contribution in [0.3, 0.4) is 0 Å². The molecule has 2 aromatic carbocycles. The van der Waals surface area contributed by atoms with E-state index in [9.17, 15) is 14.3 Å². The van der Waals surface area contributed by atoms with Crippen LogP contribution >= 0.6 is 0 Å². The van der Waals surface area contributed by atoms with Crippen molar-refractivity contribution in [1.82, 2.24) is 30.3 Å². The van der Waals surface area contributed by atoms with Crippen LogP contribution in [-0.4, -0.2) is 36.7 Å². The lowest BCUT2D eigenvalue weighted by Gasteiger charge is -2.26. The topological polar surface area (TPSA) is 109 Å². The quantitative estimate of drug-likeness (QED) is 0.456. The first-order valence-corrected chi connectivity index (χ1v) is 10.1. The summed E-state index contributed by atoms with van der Waals surface area (Å²) in [7, 11) is 0. The van der Waals surface area contributed by atoms with Gasteiger partial charge in [0.05, 0.1) is 17.0 Å². The fourth-order valence-electron chi connectivity index (χ4n) is 4.38. The van der Waals surface area contributed by atoms with Gasteiger partial charge in [-0.05, 0) is 29.7 Å². The summed E-state index contributed by atoms with van der Waals surface area (Å²) in [6, 6.07) is 12.3. The van der Waals surface area contributed by atoms with Crippen molar-refractivity contribution < 1.29 is 9.50 Å². The molecule has 0 fully saturated rings. The summed E-state index contributed by atoms with van der Waals surface area (Å²) in [5, 5.41) is 25.0. The van der Waals surface area contributed by atoms with Crippen molar-refractivity contribution in [3.63, 3.8) is 0 Å². The van der Waals surface area contributed by atoms with Crippen LogP contribution in [0.25, 0.3) is 10.8 Å². The molecule has 158 valence electrons. The second kappa shape index (κ2) is 8.01. The Balaban J connectivity index is 1.78. The average Bonchev–Trinajstić information content (AvgIpc) is 3.18. The molecule has 0 aliphatic carbocycles. The fourth-order valence-corrected chi connectivity index (χ4v) is 4.38. The first-order chi connectivity index (χ1) is 15.2. The van der Waals surface area contributed by atoms with Gasteiger partial charge in [0.15, 0.2) is 0 Å². The zero-order valence-electron chi connectivity index (χ0n) is 16.6. The van der Waals surface area contributed by atoms with Crippen molar-refractivity contribution in [2.75, 3.05) is 6.61 Å². The smallest absolute Gasteiger partial charge is 0.272 e. The summed E-state index contributed by atoms with van der Waals surface area (Å²) in [4.78, 5) is 17.0. The molecule has 2 aromatic heterocycles. The minimum Gasteiger partial charge on any atom is -0.396 e. The minimum atomic E-state index is -0.465. The number of H-pyrrole nitrogens is 1. The highest BCUT2D eigenvalue weighted by molar-refractivity contribution is 5.88. The van der Waals surface area contributed by atoms with Crippen LogP contribution in [0.4, 0.5) is 4.39 Å². The number of hydrogen-bond acceptors (Lipinski definition) is 6. The third kappa shape index (κ3) is 3.41. The van der Waals surface area contributed by atoms with Gasteiger partial charge in [0.1, 0.15) is 18.0 Å². The maximum Gasteiger partial charge on any atom is 0.272 e. The molecular weight excluding hydrogens is 399 g/mol. The van der Waals surface area contributed by atoms with Gasteiger partial charge >= 0.3 is 0 Å². The maximum atomic E-state index is 14.3. The number of aromatic amines is 1. The molecule has 0 radical (unpaired) electrons. The number of nitrogens with zero attached hydrogens (tertiary/aromatic N) is 4. The second-order valence-corrected chi connectivity index (χ2v) is 7.59. The Morgan fingerprint density at radius 3 is 2.87 bits per heavy atom. The van der Waals surface area contributed by atoms with Crippen LogP contribution in [0.1, 0.15) is 41.0 Å². The Hall–Kier alpha value is -3.43. The zero-order valence-corrected chi connectivity index (χ0v) is 16.6. The summed E-state index contributed by atoms with van der Waals surface area (Å²) in [5.74, 6) is -0.199. The molecule has 5 rings (SSSR count). The number of aliphatic hydroxyl groups excluding tert-OH is 1. The third-order valence-corrected chi connectivity index (χ3v) is 5.71. The van der Waals surface area contributed by atoms with Crippen molar-refractivity contribution in [1.29, 1.82) is 0 Å². The van der Waals surface area contributed by atoms with Gasteiger partial charge in [-0.15, -0.1) is 0 Å². The molecule has 31 heavy (non-hydrogen) atoms. The van der Waals surface area contributed by atoms with E-state index in [-0.39, 0.29) is 18.0 Å². The molecule has 0 bridgehead atoms. The van der Waals surface area contributed by atoms with E-state index in [0.717, 1.165) is 5.56 Å². The van der Waals surface area contributed by atoms with Gasteiger partial charge in [-0.25, -0.2) is 19.2 Å². The third-order valence-electron chi connectivity index (χ3n) is 5.71. The minimum absolute atomic E-state index is 0.0353. The summed E-state index contributed by atoms with van der Waals surface area (Å²) >= 11 is 0. The normalized spacial score (nSPS) is 18.3. The summed E-state index contributed by atoms with van der Waals surface area (Å²) in [6.07, 6.45) is 2.01. The van der Waals surface area contributed by atoms with Gasteiger partial charge in [0.25, 0.3) is 5.56 Å². The van der Waals surface area contributed by atoms with E-state index < -0.39 is 17.3 Å². The summed E-state index contributed by atoms with van der Waals surface area (Å²) < 4.78 is 16.1. The Morgan fingerprint density at radius 2 is 2.06 bits per heavy atom. The first kappa shape index (κ1) is 19.5. The van der Waals surface area contributed by atoms with Crippen molar-refractivity contribution in [2.24, 2.45) is 0 Å².